The Balaban J connectivity index is 1.96. The smallest absolute Gasteiger partial charge is 0.213 e. The van der Waals surface area contributed by atoms with Gasteiger partial charge in [0.05, 0.1) is 10.8 Å². The first-order chi connectivity index (χ1) is 11.8. The normalized spacial score (nSPS) is 11.0. The monoisotopic (exact) mass is 312 g/mol. The van der Waals surface area contributed by atoms with Crippen LogP contribution in [0.25, 0.3) is 21.8 Å². The van der Waals surface area contributed by atoms with Gasteiger partial charge in [-0.1, -0.05) is 54.6 Å². The quantitative estimate of drug-likeness (QED) is 0.315. The number of carbonyl (C=O) groups is 1. The number of hydrogen-bond acceptors (Lipinski definition) is 1. The van der Waals surface area contributed by atoms with Crippen molar-refractivity contribution in [2.24, 2.45) is 7.05 Å². The molecule has 4 aromatic rings. The van der Waals surface area contributed by atoms with E-state index in [4.69, 9.17) is 0 Å². The van der Waals surface area contributed by atoms with Crippen LogP contribution in [-0.2, 0) is 13.5 Å². The summed E-state index contributed by atoms with van der Waals surface area (Å²) in [5, 5.41) is 2.28. The summed E-state index contributed by atoms with van der Waals surface area (Å²) in [6.45, 7) is 0. The highest BCUT2D eigenvalue weighted by atomic mass is 16.1. The van der Waals surface area contributed by atoms with Gasteiger partial charge in [0.25, 0.3) is 0 Å². The van der Waals surface area contributed by atoms with Crippen LogP contribution >= 0.6 is 0 Å². The molecule has 0 bridgehead atoms. The van der Waals surface area contributed by atoms with Gasteiger partial charge in [-0.2, -0.15) is 4.57 Å². The van der Waals surface area contributed by atoms with Crippen LogP contribution in [0.3, 0.4) is 0 Å². The Hall–Kier alpha value is -3.00. The van der Waals surface area contributed by atoms with Crippen LogP contribution in [0.15, 0.2) is 78.9 Å². The zero-order chi connectivity index (χ0) is 16.5. The van der Waals surface area contributed by atoms with Gasteiger partial charge in [0, 0.05) is 24.1 Å². The molecule has 116 valence electrons. The highest BCUT2D eigenvalue weighted by molar-refractivity contribution is 6.03. The fourth-order valence-corrected chi connectivity index (χ4v) is 3.39. The summed E-state index contributed by atoms with van der Waals surface area (Å²) < 4.78 is 2.20. The SMILES string of the molecule is C[n+]1c2ccccc2c(CC(=O)c2ccccc2)c2ccccc21. The summed E-state index contributed by atoms with van der Waals surface area (Å²) in [5.41, 5.74) is 4.16. The molecule has 24 heavy (non-hydrogen) atoms. The third-order valence-corrected chi connectivity index (χ3v) is 4.61. The number of rotatable bonds is 3. The van der Waals surface area contributed by atoms with Crippen LogP contribution in [0.1, 0.15) is 15.9 Å². The summed E-state index contributed by atoms with van der Waals surface area (Å²) in [6.07, 6.45) is 0.409. The van der Waals surface area contributed by atoms with E-state index in [-0.39, 0.29) is 5.78 Å². The van der Waals surface area contributed by atoms with Gasteiger partial charge in [0.1, 0.15) is 7.05 Å². The van der Waals surface area contributed by atoms with Gasteiger partial charge in [0.2, 0.25) is 11.0 Å². The third kappa shape index (κ3) is 2.37. The zero-order valence-electron chi connectivity index (χ0n) is 13.6. The van der Waals surface area contributed by atoms with E-state index >= 15 is 0 Å². The van der Waals surface area contributed by atoms with Crippen molar-refractivity contribution in [2.45, 2.75) is 6.42 Å². The van der Waals surface area contributed by atoms with Crippen molar-refractivity contribution in [1.29, 1.82) is 0 Å². The van der Waals surface area contributed by atoms with Crippen molar-refractivity contribution in [1.82, 2.24) is 0 Å². The van der Waals surface area contributed by atoms with E-state index in [0.717, 1.165) is 32.9 Å². The summed E-state index contributed by atoms with van der Waals surface area (Å²) in [7, 11) is 2.08. The van der Waals surface area contributed by atoms with Gasteiger partial charge in [-0.25, -0.2) is 0 Å². The molecular formula is C22H18NO+. The summed E-state index contributed by atoms with van der Waals surface area (Å²) in [4.78, 5) is 12.8. The highest BCUT2D eigenvalue weighted by Gasteiger charge is 2.19. The molecule has 4 rings (SSSR count). The minimum Gasteiger partial charge on any atom is -0.294 e. The maximum Gasteiger partial charge on any atom is 0.213 e. The van der Waals surface area contributed by atoms with Gasteiger partial charge in [-0.15, -0.1) is 0 Å². The number of nitrogens with zero attached hydrogens (tertiary/aromatic N) is 1. The number of ketones is 1. The lowest BCUT2D eigenvalue weighted by molar-refractivity contribution is -0.617. The molecule has 0 fully saturated rings. The maximum absolute atomic E-state index is 12.8. The van der Waals surface area contributed by atoms with E-state index < -0.39 is 0 Å². The summed E-state index contributed by atoms with van der Waals surface area (Å²) in [5.74, 6) is 0.153. The lowest BCUT2D eigenvalue weighted by Crippen LogP contribution is -2.30. The largest absolute Gasteiger partial charge is 0.294 e. The van der Waals surface area contributed by atoms with Crippen molar-refractivity contribution in [3.63, 3.8) is 0 Å². The number of aromatic nitrogens is 1. The lowest BCUT2D eigenvalue weighted by atomic mass is 9.95. The van der Waals surface area contributed by atoms with Crippen LogP contribution in [0.5, 0.6) is 0 Å². The Bertz CT molecular complexity index is 994. The van der Waals surface area contributed by atoms with E-state index in [1.54, 1.807) is 0 Å². The fourth-order valence-electron chi connectivity index (χ4n) is 3.39. The number of aryl methyl sites for hydroxylation is 1. The molecule has 1 aromatic heterocycles. The predicted octanol–water partition coefficient (Wildman–Crippen LogP) is 4.24. The van der Waals surface area contributed by atoms with Crippen molar-refractivity contribution in [3.8, 4) is 0 Å². The number of fused-ring (bicyclic) bond motifs is 2. The molecule has 0 saturated carbocycles. The first-order valence-electron chi connectivity index (χ1n) is 8.12. The van der Waals surface area contributed by atoms with Crippen molar-refractivity contribution in [2.75, 3.05) is 0 Å². The standard InChI is InChI=1S/C22H18NO/c1-23-20-13-7-5-11-17(20)19(18-12-6-8-14-21(18)23)15-22(24)16-9-3-2-4-10-16/h2-14H,15H2,1H3/q+1. The minimum absolute atomic E-state index is 0.153. The number of pyridine rings is 1. The average molecular weight is 312 g/mol. The molecule has 0 aliphatic heterocycles. The highest BCUT2D eigenvalue weighted by Crippen LogP contribution is 2.25. The van der Waals surface area contributed by atoms with E-state index in [1.807, 2.05) is 54.6 Å². The number of benzene rings is 3. The Kier molecular flexibility index (Phi) is 3.58. The van der Waals surface area contributed by atoms with Gasteiger partial charge >= 0.3 is 0 Å². The molecule has 0 N–H and O–H groups in total. The Labute approximate surface area is 141 Å². The van der Waals surface area contributed by atoms with Crippen LogP contribution in [0.2, 0.25) is 0 Å². The predicted molar refractivity (Wildman–Crippen MR) is 97.1 cm³/mol. The maximum atomic E-state index is 12.8. The third-order valence-electron chi connectivity index (χ3n) is 4.61. The molecular weight excluding hydrogens is 294 g/mol. The lowest BCUT2D eigenvalue weighted by Gasteiger charge is -2.10. The molecule has 0 radical (unpaired) electrons. The Morgan fingerprint density at radius 1 is 0.750 bits per heavy atom. The van der Waals surface area contributed by atoms with Crippen LogP contribution in [0.4, 0.5) is 0 Å². The second-order valence-corrected chi connectivity index (χ2v) is 6.04. The van der Waals surface area contributed by atoms with Crippen LogP contribution in [-0.4, -0.2) is 5.78 Å². The van der Waals surface area contributed by atoms with E-state index in [1.165, 1.54) is 0 Å². The first-order valence-corrected chi connectivity index (χ1v) is 8.12. The molecule has 2 heteroatoms. The molecule has 0 aliphatic rings. The second kappa shape index (κ2) is 5.89. The molecule has 0 saturated heterocycles. The van der Waals surface area contributed by atoms with Gasteiger partial charge in [0.15, 0.2) is 5.78 Å². The number of hydrogen-bond donors (Lipinski definition) is 0. The molecule has 0 spiro atoms. The molecule has 0 amide bonds. The molecule has 0 aliphatic carbocycles. The first kappa shape index (κ1) is 14.6. The second-order valence-electron chi connectivity index (χ2n) is 6.04. The minimum atomic E-state index is 0.153. The molecule has 0 atom stereocenters. The number of carbonyl (C=O) groups excluding carboxylic acids is 1. The Morgan fingerprint density at radius 3 is 1.83 bits per heavy atom. The van der Waals surface area contributed by atoms with Gasteiger partial charge < -0.3 is 0 Å². The fraction of sp³-hybridized carbons (Fsp3) is 0.0909. The summed E-state index contributed by atoms with van der Waals surface area (Å²) in [6, 6.07) is 26.1. The van der Waals surface area contributed by atoms with Crippen molar-refractivity contribution < 1.29 is 9.36 Å². The van der Waals surface area contributed by atoms with Crippen molar-refractivity contribution >= 4 is 27.6 Å². The topological polar surface area (TPSA) is 20.9 Å². The van der Waals surface area contributed by atoms with Crippen LogP contribution < -0.4 is 4.57 Å². The average Bonchev–Trinajstić information content (AvgIpc) is 2.65. The Morgan fingerprint density at radius 2 is 1.25 bits per heavy atom. The molecule has 0 unspecified atom stereocenters. The molecule has 3 aromatic carbocycles. The van der Waals surface area contributed by atoms with Crippen LogP contribution in [0, 0.1) is 0 Å². The van der Waals surface area contributed by atoms with Gasteiger partial charge in [-0.3, -0.25) is 4.79 Å². The van der Waals surface area contributed by atoms with E-state index in [0.29, 0.717) is 6.42 Å². The molecule has 1 heterocycles. The van der Waals surface area contributed by atoms with E-state index in [9.17, 15) is 4.79 Å². The number of para-hydroxylation sites is 2. The molecule has 2 nitrogen and oxygen atoms in total. The summed E-state index contributed by atoms with van der Waals surface area (Å²) >= 11 is 0. The van der Waals surface area contributed by atoms with Gasteiger partial charge in [-0.05, 0) is 17.7 Å². The van der Waals surface area contributed by atoms with Crippen molar-refractivity contribution in [3.05, 3.63) is 90.0 Å². The number of Topliss-reactive ketones (excluding diaryl/α,β-unsaturated/α-hetero) is 1. The zero-order valence-corrected chi connectivity index (χ0v) is 13.6. The van der Waals surface area contributed by atoms with E-state index in [2.05, 4.69) is 35.9 Å².